The van der Waals surface area contributed by atoms with Gasteiger partial charge in [-0.1, -0.05) is 49.8 Å². The summed E-state index contributed by atoms with van der Waals surface area (Å²) < 4.78 is 49.6. The molecule has 1 aliphatic rings. The predicted octanol–water partition coefficient (Wildman–Crippen LogP) is 6.77. The van der Waals surface area contributed by atoms with E-state index < -0.39 is 23.6 Å². The van der Waals surface area contributed by atoms with Gasteiger partial charge in [0, 0.05) is 22.6 Å². The maximum absolute atomic E-state index is 14.7. The summed E-state index contributed by atoms with van der Waals surface area (Å²) in [4.78, 5) is 0. The second-order valence-corrected chi connectivity index (χ2v) is 7.08. The van der Waals surface area contributed by atoms with Crippen LogP contribution in [0.15, 0.2) is 42.5 Å². The molecule has 2 aromatic rings. The maximum Gasteiger partial charge on any atom is 0.167 e. The minimum atomic E-state index is -1.02. The minimum Gasteiger partial charge on any atom is -0.373 e. The molecule has 0 saturated carbocycles. The average molecular weight is 374 g/mol. The first-order valence-corrected chi connectivity index (χ1v) is 9.56. The van der Waals surface area contributed by atoms with Crippen LogP contribution in [0.4, 0.5) is 13.2 Å². The Morgan fingerprint density at radius 2 is 1.81 bits per heavy atom. The first kappa shape index (κ1) is 19.7. The number of ether oxygens (including phenoxy) is 1. The van der Waals surface area contributed by atoms with Gasteiger partial charge < -0.3 is 4.74 Å². The maximum atomic E-state index is 14.7. The molecule has 0 aromatic heterocycles. The molecule has 0 aliphatic carbocycles. The molecular formula is C23H25F3O. The molecule has 0 amide bonds. The smallest absolute Gasteiger partial charge is 0.167 e. The van der Waals surface area contributed by atoms with Crippen molar-refractivity contribution in [3.05, 3.63) is 71.1 Å². The van der Waals surface area contributed by atoms with Crippen molar-refractivity contribution in [3.8, 4) is 11.1 Å². The van der Waals surface area contributed by atoms with Crippen molar-refractivity contribution in [2.75, 3.05) is 6.61 Å². The fourth-order valence-corrected chi connectivity index (χ4v) is 3.68. The lowest BCUT2D eigenvalue weighted by Crippen LogP contribution is -2.20. The summed E-state index contributed by atoms with van der Waals surface area (Å²) >= 11 is 0. The Hall–Kier alpha value is -2.07. The van der Waals surface area contributed by atoms with E-state index in [0.717, 1.165) is 24.8 Å². The standard InChI is InChI=1S/C23H25F3O/c1-3-5-15-7-9-17(20(24)13-15)18-10-11-19(23(26)22(18)25)21-12-8-16(6-4-2)14-27-21/h4,6-7,9-11,13,16,21H,3,5,8,12,14H2,1-2H3/b6-4+. The van der Waals surface area contributed by atoms with Gasteiger partial charge in [0.1, 0.15) is 5.82 Å². The van der Waals surface area contributed by atoms with Gasteiger partial charge in [0.05, 0.1) is 12.7 Å². The summed E-state index contributed by atoms with van der Waals surface area (Å²) in [5, 5.41) is 0. The van der Waals surface area contributed by atoms with E-state index in [2.05, 4.69) is 6.08 Å². The second kappa shape index (κ2) is 8.75. The molecule has 3 rings (SSSR count). The van der Waals surface area contributed by atoms with E-state index in [9.17, 15) is 13.2 Å². The Kier molecular flexibility index (Phi) is 6.38. The van der Waals surface area contributed by atoms with Crippen LogP contribution >= 0.6 is 0 Å². The highest BCUT2D eigenvalue weighted by Gasteiger charge is 2.26. The van der Waals surface area contributed by atoms with Gasteiger partial charge >= 0.3 is 0 Å². The molecule has 2 unspecified atom stereocenters. The number of rotatable bonds is 5. The largest absolute Gasteiger partial charge is 0.373 e. The lowest BCUT2D eigenvalue weighted by molar-refractivity contribution is -0.00743. The Labute approximate surface area is 158 Å². The number of benzene rings is 2. The quantitative estimate of drug-likeness (QED) is 0.525. The third-order valence-corrected chi connectivity index (χ3v) is 5.10. The Balaban J connectivity index is 1.86. The van der Waals surface area contributed by atoms with Crippen molar-refractivity contribution >= 4 is 0 Å². The van der Waals surface area contributed by atoms with Crippen LogP contribution in [0.25, 0.3) is 11.1 Å². The molecule has 27 heavy (non-hydrogen) atoms. The number of halogens is 3. The van der Waals surface area contributed by atoms with E-state index in [0.29, 0.717) is 18.9 Å². The van der Waals surface area contributed by atoms with Crippen LogP contribution in [0.2, 0.25) is 0 Å². The topological polar surface area (TPSA) is 9.23 Å². The van der Waals surface area contributed by atoms with E-state index in [4.69, 9.17) is 4.74 Å². The molecule has 0 spiro atoms. The molecule has 0 bridgehead atoms. The zero-order chi connectivity index (χ0) is 19.4. The number of hydrogen-bond donors (Lipinski definition) is 0. The molecule has 0 N–H and O–H groups in total. The summed E-state index contributed by atoms with van der Waals surface area (Å²) in [6, 6.07) is 7.66. The molecule has 1 saturated heterocycles. The minimum absolute atomic E-state index is 0.0561. The summed E-state index contributed by atoms with van der Waals surface area (Å²) in [6.07, 6.45) is 6.72. The van der Waals surface area contributed by atoms with Gasteiger partial charge in [-0.05, 0) is 37.8 Å². The van der Waals surface area contributed by atoms with E-state index >= 15 is 0 Å². The van der Waals surface area contributed by atoms with Crippen LogP contribution in [-0.2, 0) is 11.2 Å². The van der Waals surface area contributed by atoms with Gasteiger partial charge in [0.15, 0.2) is 11.6 Å². The third kappa shape index (κ3) is 4.27. The van der Waals surface area contributed by atoms with E-state index in [1.165, 1.54) is 24.3 Å². The van der Waals surface area contributed by atoms with Crippen molar-refractivity contribution in [2.45, 2.75) is 45.6 Å². The fraction of sp³-hybridized carbons (Fsp3) is 0.391. The van der Waals surface area contributed by atoms with Crippen molar-refractivity contribution in [2.24, 2.45) is 5.92 Å². The third-order valence-electron chi connectivity index (χ3n) is 5.10. The van der Waals surface area contributed by atoms with Gasteiger partial charge in [-0.25, -0.2) is 13.2 Å². The molecule has 144 valence electrons. The van der Waals surface area contributed by atoms with Crippen LogP contribution < -0.4 is 0 Å². The van der Waals surface area contributed by atoms with Crippen molar-refractivity contribution in [1.29, 1.82) is 0 Å². The monoisotopic (exact) mass is 374 g/mol. The highest BCUT2D eigenvalue weighted by atomic mass is 19.2. The highest BCUT2D eigenvalue weighted by molar-refractivity contribution is 5.66. The molecule has 2 aromatic carbocycles. The molecule has 2 atom stereocenters. The zero-order valence-electron chi connectivity index (χ0n) is 15.8. The number of hydrogen-bond acceptors (Lipinski definition) is 1. The first-order chi connectivity index (χ1) is 13.0. The fourth-order valence-electron chi connectivity index (χ4n) is 3.68. The Morgan fingerprint density at radius 3 is 2.44 bits per heavy atom. The van der Waals surface area contributed by atoms with E-state index in [-0.39, 0.29) is 16.7 Å². The Morgan fingerprint density at radius 1 is 1.04 bits per heavy atom. The molecule has 0 radical (unpaired) electrons. The highest BCUT2D eigenvalue weighted by Crippen LogP contribution is 2.36. The predicted molar refractivity (Wildman–Crippen MR) is 102 cm³/mol. The van der Waals surface area contributed by atoms with Crippen LogP contribution in [-0.4, -0.2) is 6.61 Å². The molecule has 4 heteroatoms. The number of allylic oxidation sites excluding steroid dienone is 1. The van der Waals surface area contributed by atoms with E-state index in [1.54, 1.807) is 6.07 Å². The second-order valence-electron chi connectivity index (χ2n) is 7.08. The van der Waals surface area contributed by atoms with Crippen LogP contribution in [0.1, 0.15) is 50.3 Å². The van der Waals surface area contributed by atoms with Crippen LogP contribution in [0, 0.1) is 23.4 Å². The van der Waals surface area contributed by atoms with Gasteiger partial charge in [0.2, 0.25) is 0 Å². The number of aryl methyl sites for hydroxylation is 1. The SMILES string of the molecule is C/C=C/C1CCC(c2ccc(-c3ccc(CCC)cc3F)c(F)c2F)OC1. The lowest BCUT2D eigenvalue weighted by Gasteiger charge is -2.28. The van der Waals surface area contributed by atoms with Crippen LogP contribution in [0.5, 0.6) is 0 Å². The molecular weight excluding hydrogens is 349 g/mol. The van der Waals surface area contributed by atoms with Crippen molar-refractivity contribution < 1.29 is 17.9 Å². The Bertz CT molecular complexity index is 821. The summed E-state index contributed by atoms with van der Waals surface area (Å²) in [7, 11) is 0. The first-order valence-electron chi connectivity index (χ1n) is 9.56. The van der Waals surface area contributed by atoms with E-state index in [1.807, 2.05) is 19.9 Å². The summed E-state index contributed by atoms with van der Waals surface area (Å²) in [5.74, 6) is -2.18. The average Bonchev–Trinajstić information content (AvgIpc) is 2.66. The van der Waals surface area contributed by atoms with Crippen LogP contribution in [0.3, 0.4) is 0 Å². The normalized spacial score (nSPS) is 20.3. The van der Waals surface area contributed by atoms with Gasteiger partial charge in [-0.2, -0.15) is 0 Å². The molecule has 1 aliphatic heterocycles. The van der Waals surface area contributed by atoms with Gasteiger partial charge in [-0.3, -0.25) is 0 Å². The van der Waals surface area contributed by atoms with Gasteiger partial charge in [-0.15, -0.1) is 0 Å². The summed E-state index contributed by atoms with van der Waals surface area (Å²) in [5.41, 5.74) is 1.08. The molecule has 1 fully saturated rings. The molecule has 1 heterocycles. The van der Waals surface area contributed by atoms with Gasteiger partial charge in [0.25, 0.3) is 0 Å². The van der Waals surface area contributed by atoms with Crippen molar-refractivity contribution in [3.63, 3.8) is 0 Å². The summed E-state index contributed by atoms with van der Waals surface area (Å²) in [6.45, 7) is 4.45. The zero-order valence-corrected chi connectivity index (χ0v) is 15.8. The molecule has 1 nitrogen and oxygen atoms in total. The van der Waals surface area contributed by atoms with Crippen molar-refractivity contribution in [1.82, 2.24) is 0 Å². The lowest BCUT2D eigenvalue weighted by atomic mass is 9.92.